The van der Waals surface area contributed by atoms with Crippen molar-refractivity contribution in [3.05, 3.63) is 27.5 Å². The molecule has 1 rings (SSSR count). The monoisotopic (exact) mass is 290 g/mol. The highest BCUT2D eigenvalue weighted by Crippen LogP contribution is 2.20. The van der Waals surface area contributed by atoms with E-state index in [1.165, 1.54) is 0 Å². The fourth-order valence-corrected chi connectivity index (χ4v) is 1.80. The molecule has 1 aromatic heterocycles. The third-order valence-corrected chi connectivity index (χ3v) is 2.94. The number of aromatic nitrogens is 1. The van der Waals surface area contributed by atoms with E-state index in [1.807, 2.05) is 13.8 Å². The molecule has 0 atom stereocenters. The molecule has 0 aliphatic rings. The fourth-order valence-electron chi connectivity index (χ4n) is 1.26. The Hall–Kier alpha value is -0.610. The molecule has 0 unspecified atom stereocenters. The van der Waals surface area contributed by atoms with E-state index >= 15 is 0 Å². The van der Waals surface area contributed by atoms with Crippen LogP contribution in [0.4, 0.5) is 0 Å². The number of nitrogens with zero attached hydrogens (tertiary/aromatic N) is 2. The van der Waals surface area contributed by atoms with Crippen LogP contribution in [0.2, 0.25) is 5.15 Å². The first-order chi connectivity index (χ1) is 7.10. The predicted molar refractivity (Wildman–Crippen MR) is 64.2 cm³/mol. The largest absolute Gasteiger partial charge is 0.339 e. The van der Waals surface area contributed by atoms with Crippen molar-refractivity contribution in [1.82, 2.24) is 9.88 Å². The third-order valence-electron chi connectivity index (χ3n) is 2.10. The van der Waals surface area contributed by atoms with E-state index in [2.05, 4.69) is 20.9 Å². The second kappa shape index (κ2) is 5.47. The fraction of sp³-hybridized carbons (Fsp3) is 0.400. The average molecular weight is 292 g/mol. The van der Waals surface area contributed by atoms with Crippen molar-refractivity contribution < 1.29 is 4.79 Å². The van der Waals surface area contributed by atoms with Gasteiger partial charge in [0.1, 0.15) is 5.15 Å². The van der Waals surface area contributed by atoms with Gasteiger partial charge in [0.2, 0.25) is 0 Å². The Morgan fingerprint density at radius 1 is 1.53 bits per heavy atom. The van der Waals surface area contributed by atoms with Gasteiger partial charge in [0.15, 0.2) is 0 Å². The minimum atomic E-state index is -0.0313. The van der Waals surface area contributed by atoms with Crippen molar-refractivity contribution in [2.45, 2.75) is 13.8 Å². The second-order valence-electron chi connectivity index (χ2n) is 2.96. The van der Waals surface area contributed by atoms with Crippen LogP contribution in [0.3, 0.4) is 0 Å². The SMILES string of the molecule is CCN(CC)C(=O)c1cc(Cl)ncc1Br. The summed E-state index contributed by atoms with van der Waals surface area (Å²) >= 11 is 9.04. The zero-order valence-corrected chi connectivity index (χ0v) is 11.0. The molecule has 0 bridgehead atoms. The molecule has 5 heteroatoms. The van der Waals surface area contributed by atoms with Gasteiger partial charge in [-0.2, -0.15) is 0 Å². The first-order valence-corrected chi connectivity index (χ1v) is 5.87. The number of carbonyl (C=O) groups excluding carboxylic acids is 1. The lowest BCUT2D eigenvalue weighted by Crippen LogP contribution is -2.30. The number of rotatable bonds is 3. The van der Waals surface area contributed by atoms with Gasteiger partial charge in [-0.25, -0.2) is 4.98 Å². The minimum Gasteiger partial charge on any atom is -0.339 e. The highest BCUT2D eigenvalue weighted by molar-refractivity contribution is 9.10. The van der Waals surface area contributed by atoms with Crippen molar-refractivity contribution in [1.29, 1.82) is 0 Å². The van der Waals surface area contributed by atoms with Gasteiger partial charge in [-0.15, -0.1) is 0 Å². The molecule has 0 saturated carbocycles. The lowest BCUT2D eigenvalue weighted by atomic mass is 10.2. The number of hydrogen-bond acceptors (Lipinski definition) is 2. The summed E-state index contributed by atoms with van der Waals surface area (Å²) in [6.45, 7) is 5.25. The van der Waals surface area contributed by atoms with Gasteiger partial charge < -0.3 is 4.90 Å². The predicted octanol–water partition coefficient (Wildman–Crippen LogP) is 2.98. The summed E-state index contributed by atoms with van der Waals surface area (Å²) in [5.41, 5.74) is 0.554. The molecule has 0 N–H and O–H groups in total. The molecule has 82 valence electrons. The van der Waals surface area contributed by atoms with Crippen LogP contribution >= 0.6 is 27.5 Å². The molecule has 1 aromatic rings. The molecule has 1 heterocycles. The summed E-state index contributed by atoms with van der Waals surface area (Å²) in [6.07, 6.45) is 1.54. The molecule has 15 heavy (non-hydrogen) atoms. The molecule has 0 aliphatic carbocycles. The topological polar surface area (TPSA) is 33.2 Å². The maximum Gasteiger partial charge on any atom is 0.255 e. The van der Waals surface area contributed by atoms with E-state index in [1.54, 1.807) is 17.2 Å². The van der Waals surface area contributed by atoms with Gasteiger partial charge in [-0.3, -0.25) is 4.79 Å². The summed E-state index contributed by atoms with van der Waals surface area (Å²) in [5.74, 6) is -0.0313. The maximum absolute atomic E-state index is 12.0. The Kier molecular flexibility index (Phi) is 4.54. The molecule has 0 fully saturated rings. The van der Waals surface area contributed by atoms with Crippen LogP contribution in [-0.2, 0) is 0 Å². The summed E-state index contributed by atoms with van der Waals surface area (Å²) in [4.78, 5) is 17.6. The summed E-state index contributed by atoms with van der Waals surface area (Å²) in [7, 11) is 0. The van der Waals surface area contributed by atoms with Crippen LogP contribution in [-0.4, -0.2) is 28.9 Å². The van der Waals surface area contributed by atoms with Crippen molar-refractivity contribution in [3.63, 3.8) is 0 Å². The van der Waals surface area contributed by atoms with Crippen LogP contribution in [0.5, 0.6) is 0 Å². The van der Waals surface area contributed by atoms with Crippen LogP contribution in [0.15, 0.2) is 16.7 Å². The van der Waals surface area contributed by atoms with E-state index in [0.717, 1.165) is 0 Å². The van der Waals surface area contributed by atoms with E-state index in [0.29, 0.717) is 28.3 Å². The average Bonchev–Trinajstić information content (AvgIpc) is 2.23. The Labute approximate surface area is 103 Å². The highest BCUT2D eigenvalue weighted by Gasteiger charge is 2.16. The summed E-state index contributed by atoms with van der Waals surface area (Å²) in [6, 6.07) is 1.58. The molecule has 0 aliphatic heterocycles. The van der Waals surface area contributed by atoms with Crippen LogP contribution in [0.25, 0.3) is 0 Å². The quantitative estimate of drug-likeness (QED) is 0.802. The Balaban J connectivity index is 3.04. The zero-order chi connectivity index (χ0) is 11.4. The van der Waals surface area contributed by atoms with Gasteiger partial charge in [0.25, 0.3) is 5.91 Å². The van der Waals surface area contributed by atoms with Crippen LogP contribution in [0.1, 0.15) is 24.2 Å². The van der Waals surface area contributed by atoms with Crippen molar-refractivity contribution in [2.75, 3.05) is 13.1 Å². The molecule has 0 aromatic carbocycles. The van der Waals surface area contributed by atoms with Gasteiger partial charge in [-0.05, 0) is 35.8 Å². The van der Waals surface area contributed by atoms with Crippen molar-refractivity contribution >= 4 is 33.4 Å². The molecule has 3 nitrogen and oxygen atoms in total. The normalized spacial score (nSPS) is 10.1. The lowest BCUT2D eigenvalue weighted by Gasteiger charge is -2.19. The van der Waals surface area contributed by atoms with Crippen molar-refractivity contribution in [2.24, 2.45) is 0 Å². The number of amides is 1. The Bertz CT molecular complexity index is 366. The molecular weight excluding hydrogens is 279 g/mol. The smallest absolute Gasteiger partial charge is 0.255 e. The molecule has 0 spiro atoms. The molecular formula is C10H12BrClN2O. The number of hydrogen-bond donors (Lipinski definition) is 0. The number of halogens is 2. The second-order valence-corrected chi connectivity index (χ2v) is 4.21. The standard InChI is InChI=1S/C10H12BrClN2O/c1-3-14(4-2)10(15)7-5-9(12)13-6-8(7)11/h5-6H,3-4H2,1-2H3. The minimum absolute atomic E-state index is 0.0313. The Morgan fingerprint density at radius 3 is 2.67 bits per heavy atom. The third kappa shape index (κ3) is 2.92. The first kappa shape index (κ1) is 12.5. The maximum atomic E-state index is 12.0. The summed E-state index contributed by atoms with van der Waals surface area (Å²) in [5, 5.41) is 0.328. The van der Waals surface area contributed by atoms with E-state index in [9.17, 15) is 4.79 Å². The summed E-state index contributed by atoms with van der Waals surface area (Å²) < 4.78 is 0.670. The van der Waals surface area contributed by atoms with Gasteiger partial charge in [0, 0.05) is 23.8 Å². The molecule has 1 amide bonds. The van der Waals surface area contributed by atoms with Crippen LogP contribution < -0.4 is 0 Å². The Morgan fingerprint density at radius 2 is 2.13 bits per heavy atom. The number of carbonyl (C=O) groups is 1. The molecule has 0 radical (unpaired) electrons. The number of pyridine rings is 1. The van der Waals surface area contributed by atoms with Gasteiger partial charge in [0.05, 0.1) is 5.56 Å². The van der Waals surface area contributed by atoms with Gasteiger partial charge >= 0.3 is 0 Å². The first-order valence-electron chi connectivity index (χ1n) is 4.70. The zero-order valence-electron chi connectivity index (χ0n) is 8.63. The van der Waals surface area contributed by atoms with Crippen LogP contribution in [0, 0.1) is 0 Å². The van der Waals surface area contributed by atoms with E-state index in [4.69, 9.17) is 11.6 Å². The molecule has 0 saturated heterocycles. The van der Waals surface area contributed by atoms with Gasteiger partial charge in [-0.1, -0.05) is 11.6 Å². The highest BCUT2D eigenvalue weighted by atomic mass is 79.9. The van der Waals surface area contributed by atoms with E-state index in [-0.39, 0.29) is 5.91 Å². The lowest BCUT2D eigenvalue weighted by molar-refractivity contribution is 0.0772. The van der Waals surface area contributed by atoms with Crippen molar-refractivity contribution in [3.8, 4) is 0 Å². The van der Waals surface area contributed by atoms with E-state index < -0.39 is 0 Å².